The van der Waals surface area contributed by atoms with Gasteiger partial charge in [0.05, 0.1) is 15.5 Å². The molecule has 1 amide bonds. The molecule has 0 aromatic heterocycles. The molecule has 3 rings (SSSR count). The quantitative estimate of drug-likeness (QED) is 0.690. The maximum absolute atomic E-state index is 12.9. The van der Waals surface area contributed by atoms with Crippen molar-refractivity contribution in [3.63, 3.8) is 0 Å². The predicted molar refractivity (Wildman–Crippen MR) is 111 cm³/mol. The molecular weight excluding hydrogens is 419 g/mol. The lowest BCUT2D eigenvalue weighted by Crippen LogP contribution is -2.35. The molecule has 0 saturated carbocycles. The standard InChI is InChI=1S/C20H22Cl2N2O3S/c1-23(14-15-5-7-16(21)8-6-15)20(25)18-13-17(9-10-19(18)22)28(26,27)24-11-3-2-4-12-24/h5-10,13H,2-4,11-12,14H2,1H3. The molecule has 2 aromatic rings. The van der Waals surface area contributed by atoms with Crippen LogP contribution in [0.1, 0.15) is 35.2 Å². The zero-order chi connectivity index (χ0) is 20.3. The summed E-state index contributed by atoms with van der Waals surface area (Å²) >= 11 is 12.1. The van der Waals surface area contributed by atoms with Crippen LogP contribution < -0.4 is 0 Å². The molecule has 1 heterocycles. The highest BCUT2D eigenvalue weighted by molar-refractivity contribution is 7.89. The van der Waals surface area contributed by atoms with Crippen LogP contribution in [0.15, 0.2) is 47.4 Å². The molecular formula is C20H22Cl2N2O3S. The van der Waals surface area contributed by atoms with Gasteiger partial charge in [0.1, 0.15) is 0 Å². The summed E-state index contributed by atoms with van der Waals surface area (Å²) in [5.74, 6) is -0.337. The topological polar surface area (TPSA) is 57.7 Å². The first-order valence-electron chi connectivity index (χ1n) is 9.08. The van der Waals surface area contributed by atoms with Gasteiger partial charge < -0.3 is 4.90 Å². The number of carbonyl (C=O) groups is 1. The van der Waals surface area contributed by atoms with Crippen molar-refractivity contribution < 1.29 is 13.2 Å². The van der Waals surface area contributed by atoms with E-state index in [4.69, 9.17) is 23.2 Å². The second kappa shape index (κ2) is 8.82. The van der Waals surface area contributed by atoms with E-state index in [-0.39, 0.29) is 21.4 Å². The minimum absolute atomic E-state index is 0.0991. The van der Waals surface area contributed by atoms with Crippen LogP contribution in [0.4, 0.5) is 0 Å². The smallest absolute Gasteiger partial charge is 0.255 e. The first-order valence-corrected chi connectivity index (χ1v) is 11.3. The van der Waals surface area contributed by atoms with Crippen molar-refractivity contribution in [3.8, 4) is 0 Å². The van der Waals surface area contributed by atoms with Gasteiger partial charge in [0, 0.05) is 31.7 Å². The predicted octanol–water partition coefficient (Wildman–Crippen LogP) is 4.44. The van der Waals surface area contributed by atoms with Crippen LogP contribution in [0.2, 0.25) is 10.0 Å². The summed E-state index contributed by atoms with van der Waals surface area (Å²) < 4.78 is 27.3. The van der Waals surface area contributed by atoms with E-state index in [0.717, 1.165) is 24.8 Å². The molecule has 1 fully saturated rings. The molecule has 1 saturated heterocycles. The number of hydrogen-bond acceptors (Lipinski definition) is 3. The molecule has 0 radical (unpaired) electrons. The van der Waals surface area contributed by atoms with Crippen molar-refractivity contribution in [3.05, 3.63) is 63.6 Å². The van der Waals surface area contributed by atoms with Crippen molar-refractivity contribution >= 4 is 39.1 Å². The molecule has 1 aliphatic rings. The number of carbonyl (C=O) groups excluding carboxylic acids is 1. The Bertz CT molecular complexity index is 956. The number of rotatable bonds is 5. The van der Waals surface area contributed by atoms with Crippen LogP contribution >= 0.6 is 23.2 Å². The molecule has 0 N–H and O–H groups in total. The number of sulfonamides is 1. The van der Waals surface area contributed by atoms with Gasteiger partial charge in [0.2, 0.25) is 10.0 Å². The zero-order valence-electron chi connectivity index (χ0n) is 15.6. The summed E-state index contributed by atoms with van der Waals surface area (Å²) in [5, 5.41) is 0.849. The second-order valence-corrected chi connectivity index (χ2v) is 9.68. The van der Waals surface area contributed by atoms with Crippen molar-refractivity contribution in [2.75, 3.05) is 20.1 Å². The maximum atomic E-state index is 12.9. The molecule has 0 unspecified atom stereocenters. The number of piperidine rings is 1. The molecule has 0 spiro atoms. The Morgan fingerprint density at radius 2 is 1.68 bits per heavy atom. The van der Waals surface area contributed by atoms with E-state index in [2.05, 4.69) is 0 Å². The Balaban J connectivity index is 1.84. The third kappa shape index (κ3) is 4.69. The molecule has 28 heavy (non-hydrogen) atoms. The van der Waals surface area contributed by atoms with Gasteiger partial charge in [-0.15, -0.1) is 0 Å². The van der Waals surface area contributed by atoms with Crippen molar-refractivity contribution in [1.82, 2.24) is 9.21 Å². The number of amides is 1. The zero-order valence-corrected chi connectivity index (χ0v) is 17.9. The average Bonchev–Trinajstić information content (AvgIpc) is 2.70. The van der Waals surface area contributed by atoms with Gasteiger partial charge in [-0.1, -0.05) is 41.8 Å². The van der Waals surface area contributed by atoms with E-state index in [0.29, 0.717) is 24.7 Å². The van der Waals surface area contributed by atoms with Crippen molar-refractivity contribution in [2.24, 2.45) is 0 Å². The Kier molecular flexibility index (Phi) is 6.65. The summed E-state index contributed by atoms with van der Waals surface area (Å²) in [6.07, 6.45) is 2.73. The molecule has 0 atom stereocenters. The average molecular weight is 441 g/mol. The molecule has 150 valence electrons. The minimum Gasteiger partial charge on any atom is -0.337 e. The monoisotopic (exact) mass is 440 g/mol. The van der Waals surface area contributed by atoms with E-state index in [1.807, 2.05) is 12.1 Å². The lowest BCUT2D eigenvalue weighted by atomic mass is 10.1. The van der Waals surface area contributed by atoms with Crippen LogP contribution in [0.5, 0.6) is 0 Å². The number of nitrogens with zero attached hydrogens (tertiary/aromatic N) is 2. The van der Waals surface area contributed by atoms with Crippen LogP contribution in [0.3, 0.4) is 0 Å². The van der Waals surface area contributed by atoms with E-state index in [1.165, 1.54) is 27.4 Å². The van der Waals surface area contributed by atoms with Crippen LogP contribution in [-0.2, 0) is 16.6 Å². The summed E-state index contributed by atoms with van der Waals surface area (Å²) in [6, 6.07) is 11.5. The van der Waals surface area contributed by atoms with E-state index in [1.54, 1.807) is 19.2 Å². The van der Waals surface area contributed by atoms with Gasteiger partial charge in [-0.2, -0.15) is 4.31 Å². The highest BCUT2D eigenvalue weighted by Crippen LogP contribution is 2.26. The fraction of sp³-hybridized carbons (Fsp3) is 0.350. The molecule has 2 aromatic carbocycles. The minimum atomic E-state index is -3.63. The van der Waals surface area contributed by atoms with E-state index in [9.17, 15) is 13.2 Å². The molecule has 0 aliphatic carbocycles. The third-order valence-electron chi connectivity index (χ3n) is 4.80. The molecule has 8 heteroatoms. The fourth-order valence-corrected chi connectivity index (χ4v) is 5.09. The van der Waals surface area contributed by atoms with Crippen LogP contribution in [-0.4, -0.2) is 43.7 Å². The normalized spacial score (nSPS) is 15.4. The first kappa shape index (κ1) is 21.1. The van der Waals surface area contributed by atoms with Gasteiger partial charge in [-0.25, -0.2) is 8.42 Å². The Hall–Kier alpha value is -1.60. The van der Waals surface area contributed by atoms with Gasteiger partial charge >= 0.3 is 0 Å². The summed E-state index contributed by atoms with van der Waals surface area (Å²) in [4.78, 5) is 14.5. The van der Waals surface area contributed by atoms with E-state index < -0.39 is 10.0 Å². The highest BCUT2D eigenvalue weighted by atomic mass is 35.5. The highest BCUT2D eigenvalue weighted by Gasteiger charge is 2.27. The summed E-state index contributed by atoms with van der Waals surface area (Å²) in [7, 11) is -1.98. The third-order valence-corrected chi connectivity index (χ3v) is 7.28. The van der Waals surface area contributed by atoms with Gasteiger partial charge in [-0.3, -0.25) is 4.79 Å². The number of benzene rings is 2. The van der Waals surface area contributed by atoms with Gasteiger partial charge in [0.15, 0.2) is 0 Å². The van der Waals surface area contributed by atoms with Crippen molar-refractivity contribution in [1.29, 1.82) is 0 Å². The maximum Gasteiger partial charge on any atom is 0.255 e. The molecule has 5 nitrogen and oxygen atoms in total. The van der Waals surface area contributed by atoms with Crippen LogP contribution in [0, 0.1) is 0 Å². The lowest BCUT2D eigenvalue weighted by molar-refractivity contribution is 0.0785. The molecule has 1 aliphatic heterocycles. The number of hydrogen-bond donors (Lipinski definition) is 0. The second-order valence-electron chi connectivity index (χ2n) is 6.89. The van der Waals surface area contributed by atoms with Crippen molar-refractivity contribution in [2.45, 2.75) is 30.7 Å². The molecule has 0 bridgehead atoms. The number of halogens is 2. The Labute approximate surface area is 175 Å². The largest absolute Gasteiger partial charge is 0.337 e. The van der Waals surface area contributed by atoms with Gasteiger partial charge in [0.25, 0.3) is 5.91 Å². The first-order chi connectivity index (χ1) is 13.3. The van der Waals surface area contributed by atoms with Crippen LogP contribution in [0.25, 0.3) is 0 Å². The van der Waals surface area contributed by atoms with E-state index >= 15 is 0 Å². The SMILES string of the molecule is CN(Cc1ccc(Cl)cc1)C(=O)c1cc(S(=O)(=O)N2CCCCC2)ccc1Cl. The summed E-state index contributed by atoms with van der Waals surface area (Å²) in [5.41, 5.74) is 1.09. The van der Waals surface area contributed by atoms with Gasteiger partial charge in [-0.05, 0) is 48.7 Å². The lowest BCUT2D eigenvalue weighted by Gasteiger charge is -2.26. The fourth-order valence-electron chi connectivity index (χ4n) is 3.22. The summed E-state index contributed by atoms with van der Waals surface area (Å²) in [6.45, 7) is 1.37. The Morgan fingerprint density at radius 1 is 1.04 bits per heavy atom. The Morgan fingerprint density at radius 3 is 2.32 bits per heavy atom.